The lowest BCUT2D eigenvalue weighted by Gasteiger charge is -2.25. The third kappa shape index (κ3) is 3.14. The van der Waals surface area contributed by atoms with Crippen LogP contribution in [0.3, 0.4) is 0 Å². The predicted octanol–water partition coefficient (Wildman–Crippen LogP) is 3.53. The molecular weight excluding hydrogens is 208 g/mol. The van der Waals surface area contributed by atoms with Crippen molar-refractivity contribution in [2.24, 2.45) is 0 Å². The summed E-state index contributed by atoms with van der Waals surface area (Å²) in [7, 11) is 1.93. The normalized spacial score (nSPS) is 12.9. The highest BCUT2D eigenvalue weighted by atomic mass is 19.2. The minimum atomic E-state index is -0.807. The highest BCUT2D eigenvalue weighted by Crippen LogP contribution is 2.21. The second kappa shape index (κ2) is 5.21. The fourth-order valence-electron chi connectivity index (χ4n) is 1.59. The van der Waals surface area contributed by atoms with Crippen molar-refractivity contribution < 1.29 is 8.78 Å². The molecule has 1 unspecified atom stereocenters. The summed E-state index contributed by atoms with van der Waals surface area (Å²) in [6, 6.07) is 4.05. The van der Waals surface area contributed by atoms with E-state index in [9.17, 15) is 8.78 Å². The molecule has 1 rings (SSSR count). The summed E-state index contributed by atoms with van der Waals surface area (Å²) in [5, 5.41) is 0. The molecule has 0 fully saturated rings. The van der Waals surface area contributed by atoms with Crippen LogP contribution in [0.15, 0.2) is 30.4 Å². The van der Waals surface area contributed by atoms with Crippen LogP contribution < -0.4 is 0 Å². The lowest BCUT2D eigenvalue weighted by Crippen LogP contribution is -2.24. The summed E-state index contributed by atoms with van der Waals surface area (Å²) in [5.74, 6) is -1.61. The van der Waals surface area contributed by atoms with Crippen LogP contribution in [0.4, 0.5) is 8.78 Å². The largest absolute Gasteiger partial charge is 0.296 e. The van der Waals surface area contributed by atoms with Gasteiger partial charge >= 0.3 is 0 Å². The zero-order valence-electron chi connectivity index (χ0n) is 9.93. The summed E-state index contributed by atoms with van der Waals surface area (Å²) in [4.78, 5) is 2.04. The molecule has 0 amide bonds. The van der Waals surface area contributed by atoms with Gasteiger partial charge in [0.1, 0.15) is 0 Å². The lowest BCUT2D eigenvalue weighted by atomic mass is 10.1. The molecule has 0 heterocycles. The van der Waals surface area contributed by atoms with E-state index < -0.39 is 11.6 Å². The highest BCUT2D eigenvalue weighted by molar-refractivity contribution is 5.21. The first-order valence-electron chi connectivity index (χ1n) is 5.21. The van der Waals surface area contributed by atoms with E-state index in [0.717, 1.165) is 23.7 Å². The molecule has 0 saturated carbocycles. The van der Waals surface area contributed by atoms with Gasteiger partial charge in [0.05, 0.1) is 0 Å². The molecule has 88 valence electrons. The maximum absolute atomic E-state index is 13.1. The summed E-state index contributed by atoms with van der Waals surface area (Å²) >= 11 is 0. The fourth-order valence-corrected chi connectivity index (χ4v) is 1.59. The SMILES string of the molecule is C=C(C)CN(C)C(C)c1ccc(F)c(F)c1. The van der Waals surface area contributed by atoms with Crippen LogP contribution in [-0.2, 0) is 0 Å². The third-order valence-electron chi connectivity index (χ3n) is 2.61. The summed E-state index contributed by atoms with van der Waals surface area (Å²) in [6.07, 6.45) is 0. The molecule has 1 nitrogen and oxygen atoms in total. The quantitative estimate of drug-likeness (QED) is 0.708. The van der Waals surface area contributed by atoms with Gasteiger partial charge in [0.2, 0.25) is 0 Å². The van der Waals surface area contributed by atoms with Gasteiger partial charge in [-0.3, -0.25) is 4.90 Å². The van der Waals surface area contributed by atoms with Crippen LogP contribution in [-0.4, -0.2) is 18.5 Å². The van der Waals surface area contributed by atoms with Crippen LogP contribution >= 0.6 is 0 Å². The van der Waals surface area contributed by atoms with E-state index in [-0.39, 0.29) is 6.04 Å². The Morgan fingerprint density at radius 2 is 2.00 bits per heavy atom. The van der Waals surface area contributed by atoms with Crippen LogP contribution in [0, 0.1) is 11.6 Å². The molecule has 1 aromatic rings. The Morgan fingerprint density at radius 1 is 1.38 bits per heavy atom. The van der Waals surface area contributed by atoms with Crippen LogP contribution in [0.2, 0.25) is 0 Å². The first-order valence-corrected chi connectivity index (χ1v) is 5.21. The van der Waals surface area contributed by atoms with Gasteiger partial charge in [0, 0.05) is 12.6 Å². The van der Waals surface area contributed by atoms with Crippen molar-refractivity contribution in [3.05, 3.63) is 47.5 Å². The van der Waals surface area contributed by atoms with Gasteiger partial charge in [-0.25, -0.2) is 8.78 Å². The van der Waals surface area contributed by atoms with E-state index >= 15 is 0 Å². The van der Waals surface area contributed by atoms with Gasteiger partial charge in [0.25, 0.3) is 0 Å². The molecule has 0 bridgehead atoms. The molecule has 1 atom stereocenters. The molecule has 0 aliphatic rings. The maximum atomic E-state index is 13.1. The van der Waals surface area contributed by atoms with Crippen molar-refractivity contribution in [2.45, 2.75) is 19.9 Å². The Morgan fingerprint density at radius 3 is 2.50 bits per heavy atom. The number of hydrogen-bond donors (Lipinski definition) is 0. The Balaban J connectivity index is 2.83. The summed E-state index contributed by atoms with van der Waals surface area (Å²) in [5.41, 5.74) is 1.81. The first-order chi connectivity index (χ1) is 7.41. The number of halogens is 2. The van der Waals surface area contributed by atoms with Gasteiger partial charge in [0.15, 0.2) is 11.6 Å². The molecule has 3 heteroatoms. The molecule has 0 N–H and O–H groups in total. The van der Waals surface area contributed by atoms with Crippen LogP contribution in [0.1, 0.15) is 25.5 Å². The van der Waals surface area contributed by atoms with E-state index in [2.05, 4.69) is 6.58 Å². The molecule has 0 aliphatic heterocycles. The zero-order chi connectivity index (χ0) is 12.3. The van der Waals surface area contributed by atoms with Crippen LogP contribution in [0.5, 0.6) is 0 Å². The Kier molecular flexibility index (Phi) is 4.19. The van der Waals surface area contributed by atoms with Crippen molar-refractivity contribution in [2.75, 3.05) is 13.6 Å². The maximum Gasteiger partial charge on any atom is 0.159 e. The molecule has 0 aliphatic carbocycles. The number of benzene rings is 1. The van der Waals surface area contributed by atoms with Crippen LogP contribution in [0.25, 0.3) is 0 Å². The summed E-state index contributed by atoms with van der Waals surface area (Å²) < 4.78 is 25.8. The summed E-state index contributed by atoms with van der Waals surface area (Å²) in [6.45, 7) is 8.46. The molecular formula is C13H17F2N. The van der Waals surface area contributed by atoms with Gasteiger partial charge in [-0.15, -0.1) is 0 Å². The zero-order valence-corrected chi connectivity index (χ0v) is 9.93. The minimum absolute atomic E-state index is 0.0341. The number of nitrogens with zero attached hydrogens (tertiary/aromatic N) is 1. The van der Waals surface area contributed by atoms with Gasteiger partial charge in [-0.2, -0.15) is 0 Å². The molecule has 0 spiro atoms. The number of rotatable bonds is 4. The van der Waals surface area contributed by atoms with E-state index in [4.69, 9.17) is 0 Å². The van der Waals surface area contributed by atoms with E-state index in [1.165, 1.54) is 6.07 Å². The van der Waals surface area contributed by atoms with Crippen molar-refractivity contribution in [3.8, 4) is 0 Å². The Hall–Kier alpha value is -1.22. The van der Waals surface area contributed by atoms with Crippen molar-refractivity contribution in [1.82, 2.24) is 4.90 Å². The smallest absolute Gasteiger partial charge is 0.159 e. The molecule has 0 aromatic heterocycles. The van der Waals surface area contributed by atoms with Crippen molar-refractivity contribution in [1.29, 1.82) is 0 Å². The molecule has 0 radical (unpaired) electrons. The second-order valence-electron chi connectivity index (χ2n) is 4.22. The van der Waals surface area contributed by atoms with E-state index in [0.29, 0.717) is 0 Å². The molecule has 0 saturated heterocycles. The van der Waals surface area contributed by atoms with E-state index in [1.54, 1.807) is 6.07 Å². The van der Waals surface area contributed by atoms with Crippen molar-refractivity contribution in [3.63, 3.8) is 0 Å². The highest BCUT2D eigenvalue weighted by Gasteiger charge is 2.13. The Labute approximate surface area is 95.4 Å². The predicted molar refractivity (Wildman–Crippen MR) is 62.2 cm³/mol. The second-order valence-corrected chi connectivity index (χ2v) is 4.22. The van der Waals surface area contributed by atoms with Gasteiger partial charge in [-0.05, 0) is 38.6 Å². The number of likely N-dealkylation sites (N-methyl/N-ethyl adjacent to an activating group) is 1. The standard InChI is InChI=1S/C13H17F2N/c1-9(2)8-16(4)10(3)11-5-6-12(14)13(15)7-11/h5-7,10H,1,8H2,2-4H3. The first kappa shape index (κ1) is 12.8. The fraction of sp³-hybridized carbons (Fsp3) is 0.385. The monoisotopic (exact) mass is 225 g/mol. The minimum Gasteiger partial charge on any atom is -0.296 e. The molecule has 1 aromatic carbocycles. The average molecular weight is 225 g/mol. The lowest BCUT2D eigenvalue weighted by molar-refractivity contribution is 0.283. The number of hydrogen-bond acceptors (Lipinski definition) is 1. The Bertz CT molecular complexity index is 388. The van der Waals surface area contributed by atoms with Gasteiger partial charge < -0.3 is 0 Å². The topological polar surface area (TPSA) is 3.24 Å². The molecule has 16 heavy (non-hydrogen) atoms. The average Bonchev–Trinajstić information content (AvgIpc) is 2.20. The third-order valence-corrected chi connectivity index (χ3v) is 2.61. The van der Waals surface area contributed by atoms with E-state index in [1.807, 2.05) is 25.8 Å². The van der Waals surface area contributed by atoms with Crippen molar-refractivity contribution >= 4 is 0 Å². The van der Waals surface area contributed by atoms with Gasteiger partial charge in [-0.1, -0.05) is 18.2 Å².